The molecule has 3 heteroatoms. The quantitative estimate of drug-likeness (QED) is 0.741. The van der Waals surface area contributed by atoms with E-state index in [9.17, 15) is 4.79 Å². The number of hydrogen-bond acceptors (Lipinski definition) is 1. The van der Waals surface area contributed by atoms with Crippen molar-refractivity contribution >= 4 is 23.2 Å². The zero-order valence-corrected chi connectivity index (χ0v) is 10.2. The number of anilines is 1. The van der Waals surface area contributed by atoms with Gasteiger partial charge in [0.05, 0.1) is 0 Å². The Bertz CT molecular complexity index is 391. The molecule has 16 heavy (non-hydrogen) atoms. The Balaban J connectivity index is 2.20. The number of nitrogens with zero attached hydrogens (tertiary/aromatic N) is 1. The first-order valence-electron chi connectivity index (χ1n) is 5.70. The molecule has 1 aliphatic heterocycles. The van der Waals surface area contributed by atoms with Crippen LogP contribution in [0.1, 0.15) is 18.9 Å². The molecular weight excluding hydrogens is 222 g/mol. The summed E-state index contributed by atoms with van der Waals surface area (Å²) in [6, 6.07) is 8.18. The van der Waals surface area contributed by atoms with Gasteiger partial charge in [0.1, 0.15) is 0 Å². The van der Waals surface area contributed by atoms with Crippen LogP contribution >= 0.6 is 11.6 Å². The highest BCUT2D eigenvalue weighted by molar-refractivity contribution is 6.18. The molecule has 0 radical (unpaired) electrons. The Morgan fingerprint density at radius 1 is 1.50 bits per heavy atom. The summed E-state index contributed by atoms with van der Waals surface area (Å²) < 4.78 is 0. The lowest BCUT2D eigenvalue weighted by atomic mass is 10.1. The van der Waals surface area contributed by atoms with Crippen molar-refractivity contribution in [1.29, 1.82) is 0 Å². The van der Waals surface area contributed by atoms with E-state index in [1.807, 2.05) is 17.0 Å². The highest BCUT2D eigenvalue weighted by Gasteiger charge is 2.29. The lowest BCUT2D eigenvalue weighted by Crippen LogP contribution is -2.24. The second kappa shape index (κ2) is 4.88. The van der Waals surface area contributed by atoms with Gasteiger partial charge in [0.2, 0.25) is 5.91 Å². The van der Waals surface area contributed by atoms with Crippen molar-refractivity contribution in [2.45, 2.75) is 19.8 Å². The monoisotopic (exact) mass is 237 g/mol. The Morgan fingerprint density at radius 3 is 2.94 bits per heavy atom. The first kappa shape index (κ1) is 11.5. The molecule has 0 bridgehead atoms. The van der Waals surface area contributed by atoms with Crippen LogP contribution < -0.4 is 4.90 Å². The molecule has 1 fully saturated rings. The summed E-state index contributed by atoms with van der Waals surface area (Å²) in [7, 11) is 0. The van der Waals surface area contributed by atoms with E-state index in [2.05, 4.69) is 19.1 Å². The van der Waals surface area contributed by atoms with Crippen molar-refractivity contribution < 1.29 is 4.79 Å². The standard InChI is InChI=1S/C13H16ClNO/c1-2-10-4-3-5-12(6-10)15-9-11(8-14)7-13(15)16/h3-6,11H,2,7-9H2,1H3. The Morgan fingerprint density at radius 2 is 2.31 bits per heavy atom. The van der Waals surface area contributed by atoms with Gasteiger partial charge >= 0.3 is 0 Å². The highest BCUT2D eigenvalue weighted by Crippen LogP contribution is 2.26. The van der Waals surface area contributed by atoms with Gasteiger partial charge in [-0.05, 0) is 30.0 Å². The zero-order valence-electron chi connectivity index (χ0n) is 9.45. The number of alkyl halides is 1. The smallest absolute Gasteiger partial charge is 0.227 e. The molecule has 0 aromatic heterocycles. The summed E-state index contributed by atoms with van der Waals surface area (Å²) in [4.78, 5) is 13.7. The summed E-state index contributed by atoms with van der Waals surface area (Å²) in [6.07, 6.45) is 1.58. The number of carbonyl (C=O) groups is 1. The fourth-order valence-corrected chi connectivity index (χ4v) is 2.29. The highest BCUT2D eigenvalue weighted by atomic mass is 35.5. The average molecular weight is 238 g/mol. The van der Waals surface area contributed by atoms with E-state index >= 15 is 0 Å². The molecule has 0 saturated carbocycles. The normalized spacial score (nSPS) is 20.5. The predicted octanol–water partition coefficient (Wildman–Crippen LogP) is 2.84. The maximum absolute atomic E-state index is 11.8. The average Bonchev–Trinajstić information content (AvgIpc) is 2.71. The maximum Gasteiger partial charge on any atom is 0.227 e. The Hall–Kier alpha value is -1.02. The molecule has 1 aromatic rings. The lowest BCUT2D eigenvalue weighted by molar-refractivity contribution is -0.117. The molecule has 1 amide bonds. The molecule has 0 aliphatic carbocycles. The van der Waals surface area contributed by atoms with Crippen molar-refractivity contribution in [2.75, 3.05) is 17.3 Å². The van der Waals surface area contributed by atoms with Crippen molar-refractivity contribution in [3.05, 3.63) is 29.8 Å². The van der Waals surface area contributed by atoms with Gasteiger partial charge in [-0.15, -0.1) is 11.6 Å². The van der Waals surface area contributed by atoms with E-state index in [0.717, 1.165) is 18.7 Å². The lowest BCUT2D eigenvalue weighted by Gasteiger charge is -2.17. The Kier molecular flexibility index (Phi) is 3.49. The van der Waals surface area contributed by atoms with Gasteiger partial charge in [0.25, 0.3) is 0 Å². The van der Waals surface area contributed by atoms with Crippen molar-refractivity contribution in [2.24, 2.45) is 5.92 Å². The van der Waals surface area contributed by atoms with E-state index in [1.165, 1.54) is 5.56 Å². The van der Waals surface area contributed by atoms with Crippen molar-refractivity contribution in [3.63, 3.8) is 0 Å². The number of hydrogen-bond donors (Lipinski definition) is 0. The third-order valence-corrected chi connectivity index (χ3v) is 3.49. The molecular formula is C13H16ClNO. The number of carbonyl (C=O) groups excluding carboxylic acids is 1. The molecule has 0 N–H and O–H groups in total. The molecule has 1 unspecified atom stereocenters. The van der Waals surface area contributed by atoms with Crippen LogP contribution in [0, 0.1) is 5.92 Å². The van der Waals surface area contributed by atoms with Crippen LogP contribution in [0.5, 0.6) is 0 Å². The largest absolute Gasteiger partial charge is 0.312 e. The topological polar surface area (TPSA) is 20.3 Å². The van der Waals surface area contributed by atoms with Gasteiger partial charge in [0, 0.05) is 24.5 Å². The van der Waals surface area contributed by atoms with Crippen molar-refractivity contribution in [3.8, 4) is 0 Å². The first-order valence-corrected chi connectivity index (χ1v) is 6.23. The van der Waals surface area contributed by atoms with Crippen LogP contribution in [0.3, 0.4) is 0 Å². The summed E-state index contributed by atoms with van der Waals surface area (Å²) in [5.74, 6) is 1.06. The molecule has 2 nitrogen and oxygen atoms in total. The zero-order chi connectivity index (χ0) is 11.5. The van der Waals surface area contributed by atoms with Crippen molar-refractivity contribution in [1.82, 2.24) is 0 Å². The van der Waals surface area contributed by atoms with Crippen LogP contribution in [-0.2, 0) is 11.2 Å². The van der Waals surface area contributed by atoms with Gasteiger partial charge in [-0.2, -0.15) is 0 Å². The summed E-state index contributed by atoms with van der Waals surface area (Å²) in [5.41, 5.74) is 2.27. The number of benzene rings is 1. The fraction of sp³-hybridized carbons (Fsp3) is 0.462. The predicted molar refractivity (Wildman–Crippen MR) is 67.0 cm³/mol. The number of rotatable bonds is 3. The minimum atomic E-state index is 0.193. The molecule has 1 heterocycles. The molecule has 1 aliphatic rings. The summed E-state index contributed by atoms with van der Waals surface area (Å²) in [6.45, 7) is 2.88. The molecule has 86 valence electrons. The summed E-state index contributed by atoms with van der Waals surface area (Å²) in [5, 5.41) is 0. The number of amides is 1. The second-order valence-electron chi connectivity index (χ2n) is 4.25. The fourth-order valence-electron chi connectivity index (χ4n) is 2.08. The third-order valence-electron chi connectivity index (χ3n) is 3.05. The van der Waals surface area contributed by atoms with E-state index in [1.54, 1.807) is 0 Å². The van der Waals surface area contributed by atoms with Gasteiger partial charge in [-0.25, -0.2) is 0 Å². The van der Waals surface area contributed by atoms with Gasteiger partial charge < -0.3 is 4.90 Å². The summed E-state index contributed by atoms with van der Waals surface area (Å²) >= 11 is 5.81. The molecule has 0 spiro atoms. The van der Waals surface area contributed by atoms with Gasteiger partial charge in [-0.3, -0.25) is 4.79 Å². The minimum absolute atomic E-state index is 0.193. The number of aryl methyl sites for hydroxylation is 1. The number of halogens is 1. The maximum atomic E-state index is 11.8. The van der Waals surface area contributed by atoms with Crippen LogP contribution in [0.4, 0.5) is 5.69 Å². The molecule has 1 aromatic carbocycles. The minimum Gasteiger partial charge on any atom is -0.312 e. The van der Waals surface area contributed by atoms with E-state index in [0.29, 0.717) is 18.2 Å². The first-order chi connectivity index (χ1) is 7.74. The second-order valence-corrected chi connectivity index (χ2v) is 4.56. The van der Waals surface area contributed by atoms with Crippen LogP contribution in [0.2, 0.25) is 0 Å². The van der Waals surface area contributed by atoms with E-state index in [4.69, 9.17) is 11.6 Å². The Labute approximate surface area is 101 Å². The molecule has 2 rings (SSSR count). The van der Waals surface area contributed by atoms with E-state index in [-0.39, 0.29) is 5.91 Å². The van der Waals surface area contributed by atoms with Crippen LogP contribution in [0.25, 0.3) is 0 Å². The van der Waals surface area contributed by atoms with Gasteiger partial charge in [-0.1, -0.05) is 19.1 Å². The third kappa shape index (κ3) is 2.22. The van der Waals surface area contributed by atoms with Crippen LogP contribution in [-0.4, -0.2) is 18.3 Å². The van der Waals surface area contributed by atoms with E-state index < -0.39 is 0 Å². The van der Waals surface area contributed by atoms with Gasteiger partial charge in [0.15, 0.2) is 0 Å². The van der Waals surface area contributed by atoms with Crippen LogP contribution in [0.15, 0.2) is 24.3 Å². The SMILES string of the molecule is CCc1cccc(N2CC(CCl)CC2=O)c1. The molecule has 1 saturated heterocycles. The molecule has 1 atom stereocenters.